The normalized spacial score (nSPS) is 13.4. The summed E-state index contributed by atoms with van der Waals surface area (Å²) in [5, 5.41) is 1.72. The van der Waals surface area contributed by atoms with Crippen LogP contribution < -0.4 is 5.73 Å². The lowest BCUT2D eigenvalue weighted by atomic mass is 10.1. The minimum atomic E-state index is 0.122. The summed E-state index contributed by atoms with van der Waals surface area (Å²) < 4.78 is 5.24. The Morgan fingerprint density at radius 2 is 2.21 bits per heavy atom. The molecule has 1 unspecified atom stereocenters. The highest BCUT2D eigenvalue weighted by Gasteiger charge is 2.08. The van der Waals surface area contributed by atoms with Crippen LogP contribution in [0.25, 0.3) is 11.0 Å². The molecule has 2 rings (SSSR count). The Morgan fingerprint density at radius 1 is 1.43 bits per heavy atom. The second-order valence-corrected chi connectivity index (χ2v) is 3.93. The maximum absolute atomic E-state index is 6.21. The summed E-state index contributed by atoms with van der Waals surface area (Å²) in [7, 11) is 0. The summed E-state index contributed by atoms with van der Waals surface area (Å²) >= 11 is 6.21. The lowest BCUT2D eigenvalue weighted by Crippen LogP contribution is -2.17. The van der Waals surface area contributed by atoms with Gasteiger partial charge in [-0.3, -0.25) is 0 Å². The van der Waals surface area contributed by atoms with Crippen LogP contribution in [-0.2, 0) is 6.42 Å². The van der Waals surface area contributed by atoms with Crippen molar-refractivity contribution in [2.24, 2.45) is 5.73 Å². The molecule has 14 heavy (non-hydrogen) atoms. The van der Waals surface area contributed by atoms with E-state index in [9.17, 15) is 0 Å². The van der Waals surface area contributed by atoms with Gasteiger partial charge in [0.1, 0.15) is 5.58 Å². The number of benzene rings is 1. The average molecular weight is 210 g/mol. The Hall–Kier alpha value is -0.990. The lowest BCUT2D eigenvalue weighted by Gasteiger charge is -2.07. The summed E-state index contributed by atoms with van der Waals surface area (Å²) in [6.07, 6.45) is 2.44. The SMILES string of the molecule is CC(N)Cc1ccc2occc2c1Cl. The zero-order valence-corrected chi connectivity index (χ0v) is 8.71. The Bertz CT molecular complexity index is 447. The van der Waals surface area contributed by atoms with Crippen molar-refractivity contribution in [2.75, 3.05) is 0 Å². The number of halogens is 1. The molecular weight excluding hydrogens is 198 g/mol. The van der Waals surface area contributed by atoms with Gasteiger partial charge < -0.3 is 10.2 Å². The van der Waals surface area contributed by atoms with Crippen LogP contribution in [0.4, 0.5) is 0 Å². The molecule has 1 aromatic carbocycles. The van der Waals surface area contributed by atoms with E-state index in [4.69, 9.17) is 21.8 Å². The number of furan rings is 1. The highest BCUT2D eigenvalue weighted by molar-refractivity contribution is 6.36. The smallest absolute Gasteiger partial charge is 0.135 e. The molecular formula is C11H12ClNO. The van der Waals surface area contributed by atoms with Crippen molar-refractivity contribution in [3.8, 4) is 0 Å². The number of nitrogens with two attached hydrogens (primary N) is 1. The fourth-order valence-corrected chi connectivity index (χ4v) is 1.85. The van der Waals surface area contributed by atoms with Crippen molar-refractivity contribution in [3.05, 3.63) is 35.0 Å². The van der Waals surface area contributed by atoms with Crippen molar-refractivity contribution >= 4 is 22.6 Å². The quantitative estimate of drug-likeness (QED) is 0.826. The number of rotatable bonds is 2. The van der Waals surface area contributed by atoms with Crippen LogP contribution in [0.15, 0.2) is 28.9 Å². The molecule has 0 amide bonds. The van der Waals surface area contributed by atoms with Crippen LogP contribution in [0.5, 0.6) is 0 Å². The first-order valence-electron chi connectivity index (χ1n) is 4.58. The van der Waals surface area contributed by atoms with Crippen LogP contribution in [0.3, 0.4) is 0 Å². The molecule has 2 N–H and O–H groups in total. The van der Waals surface area contributed by atoms with E-state index in [0.29, 0.717) is 0 Å². The van der Waals surface area contributed by atoms with Crippen molar-refractivity contribution in [1.29, 1.82) is 0 Å². The summed E-state index contributed by atoms with van der Waals surface area (Å²) in [4.78, 5) is 0. The van der Waals surface area contributed by atoms with Gasteiger partial charge in [0, 0.05) is 11.4 Å². The van der Waals surface area contributed by atoms with Crippen molar-refractivity contribution in [1.82, 2.24) is 0 Å². The van der Waals surface area contributed by atoms with Gasteiger partial charge in [-0.2, -0.15) is 0 Å². The first-order valence-corrected chi connectivity index (χ1v) is 4.96. The predicted molar refractivity (Wildman–Crippen MR) is 58.6 cm³/mol. The standard InChI is InChI=1S/C11H12ClNO/c1-7(13)6-8-2-3-10-9(11(8)12)4-5-14-10/h2-5,7H,6,13H2,1H3. The largest absolute Gasteiger partial charge is 0.464 e. The molecule has 1 atom stereocenters. The van der Waals surface area contributed by atoms with E-state index < -0.39 is 0 Å². The van der Waals surface area contributed by atoms with Gasteiger partial charge in [0.15, 0.2) is 0 Å². The zero-order valence-electron chi connectivity index (χ0n) is 7.96. The molecule has 74 valence electrons. The third kappa shape index (κ3) is 1.63. The fourth-order valence-electron chi connectivity index (χ4n) is 1.56. The molecule has 2 nitrogen and oxygen atoms in total. The van der Waals surface area contributed by atoms with Crippen LogP contribution in [0, 0.1) is 0 Å². The summed E-state index contributed by atoms with van der Waals surface area (Å²) in [6, 6.07) is 5.90. The first-order chi connectivity index (χ1) is 6.68. The van der Waals surface area contributed by atoms with Gasteiger partial charge in [-0.25, -0.2) is 0 Å². The van der Waals surface area contributed by atoms with E-state index in [1.54, 1.807) is 6.26 Å². The molecule has 3 heteroatoms. The second-order valence-electron chi connectivity index (χ2n) is 3.55. The Kier molecular flexibility index (Phi) is 2.48. The number of fused-ring (bicyclic) bond motifs is 1. The van der Waals surface area contributed by atoms with Crippen molar-refractivity contribution in [2.45, 2.75) is 19.4 Å². The third-order valence-electron chi connectivity index (χ3n) is 2.19. The molecule has 0 aliphatic heterocycles. The zero-order chi connectivity index (χ0) is 10.1. The Balaban J connectivity index is 2.51. The lowest BCUT2D eigenvalue weighted by molar-refractivity contribution is 0.615. The molecule has 0 saturated carbocycles. The van der Waals surface area contributed by atoms with Crippen molar-refractivity contribution in [3.63, 3.8) is 0 Å². The summed E-state index contributed by atoms with van der Waals surface area (Å²) in [6.45, 7) is 1.97. The topological polar surface area (TPSA) is 39.2 Å². The van der Waals surface area contributed by atoms with Gasteiger partial charge in [0.25, 0.3) is 0 Å². The van der Waals surface area contributed by atoms with Crippen LogP contribution in [0.2, 0.25) is 5.02 Å². The minimum absolute atomic E-state index is 0.122. The molecule has 0 fully saturated rings. The van der Waals surface area contributed by atoms with Crippen LogP contribution in [0.1, 0.15) is 12.5 Å². The summed E-state index contributed by atoms with van der Waals surface area (Å²) in [5.74, 6) is 0. The Labute approximate surface area is 87.6 Å². The fraction of sp³-hybridized carbons (Fsp3) is 0.273. The molecule has 2 aromatic rings. The maximum atomic E-state index is 6.21. The molecule has 1 heterocycles. The Morgan fingerprint density at radius 3 is 2.93 bits per heavy atom. The van der Waals surface area contributed by atoms with Crippen LogP contribution in [-0.4, -0.2) is 6.04 Å². The minimum Gasteiger partial charge on any atom is -0.464 e. The van der Waals surface area contributed by atoms with E-state index >= 15 is 0 Å². The van der Waals surface area contributed by atoms with Crippen molar-refractivity contribution < 1.29 is 4.42 Å². The van der Waals surface area contributed by atoms with E-state index in [2.05, 4.69) is 0 Å². The summed E-state index contributed by atoms with van der Waals surface area (Å²) in [5.41, 5.74) is 7.63. The van der Waals surface area contributed by atoms with Gasteiger partial charge >= 0.3 is 0 Å². The molecule has 0 aliphatic carbocycles. The molecule has 0 bridgehead atoms. The van der Waals surface area contributed by atoms with Crippen LogP contribution >= 0.6 is 11.6 Å². The van der Waals surface area contributed by atoms with Gasteiger partial charge in [-0.1, -0.05) is 17.7 Å². The molecule has 0 radical (unpaired) electrons. The monoisotopic (exact) mass is 209 g/mol. The van der Waals surface area contributed by atoms with Gasteiger partial charge in [0.2, 0.25) is 0 Å². The van der Waals surface area contributed by atoms with E-state index in [1.807, 2.05) is 25.1 Å². The van der Waals surface area contributed by atoms with E-state index in [-0.39, 0.29) is 6.04 Å². The molecule has 0 spiro atoms. The predicted octanol–water partition coefficient (Wildman–Crippen LogP) is 2.98. The highest BCUT2D eigenvalue weighted by atomic mass is 35.5. The van der Waals surface area contributed by atoms with Gasteiger partial charge in [-0.15, -0.1) is 0 Å². The third-order valence-corrected chi connectivity index (χ3v) is 2.64. The average Bonchev–Trinajstić information content (AvgIpc) is 2.57. The second kappa shape index (κ2) is 3.64. The van der Waals surface area contributed by atoms with Gasteiger partial charge in [0.05, 0.1) is 11.3 Å². The first kappa shape index (κ1) is 9.56. The molecule has 1 aromatic heterocycles. The molecule has 0 aliphatic rings. The maximum Gasteiger partial charge on any atom is 0.135 e. The van der Waals surface area contributed by atoms with E-state index in [1.165, 1.54) is 0 Å². The number of hydrogen-bond acceptors (Lipinski definition) is 2. The van der Waals surface area contributed by atoms with E-state index in [0.717, 1.165) is 28.0 Å². The van der Waals surface area contributed by atoms with Gasteiger partial charge in [-0.05, 0) is 31.0 Å². The molecule has 0 saturated heterocycles. The number of hydrogen-bond donors (Lipinski definition) is 1. The highest BCUT2D eigenvalue weighted by Crippen LogP contribution is 2.28.